The molecule has 0 saturated heterocycles. The lowest BCUT2D eigenvalue weighted by Crippen LogP contribution is -2.66. The summed E-state index contributed by atoms with van der Waals surface area (Å²) in [6.07, 6.45) is 3.83. The van der Waals surface area contributed by atoms with Crippen LogP contribution in [0.2, 0.25) is 0 Å². The van der Waals surface area contributed by atoms with Crippen molar-refractivity contribution in [1.82, 2.24) is 5.32 Å². The number of nitrogens with one attached hydrogen (secondary N) is 1. The van der Waals surface area contributed by atoms with E-state index in [9.17, 15) is 9.59 Å². The van der Waals surface area contributed by atoms with Gasteiger partial charge in [-0.25, -0.2) is 0 Å². The molecule has 5 heteroatoms. The van der Waals surface area contributed by atoms with E-state index in [0.717, 1.165) is 19.3 Å². The average Bonchev–Trinajstić information content (AvgIpc) is 2.29. The first-order chi connectivity index (χ1) is 8.82. The first-order valence-corrected chi connectivity index (χ1v) is 7.11. The predicted octanol–water partition coefficient (Wildman–Crippen LogP) is 1.51. The van der Waals surface area contributed by atoms with E-state index in [1.165, 1.54) is 6.92 Å². The summed E-state index contributed by atoms with van der Waals surface area (Å²) in [4.78, 5) is 22.2. The number of aliphatic carboxylic acids is 1. The Morgan fingerprint density at radius 2 is 1.89 bits per heavy atom. The molecule has 1 amide bonds. The standard InChI is InChI=1S/C14H26N2O3/c1-4-10(5-2)6-12(16-9(3)17)14(15)7-11(8-14)13(18)19/h10-12H,4-8,15H2,1-3H3,(H,16,17)(H,18,19). The van der Waals surface area contributed by atoms with Crippen LogP contribution in [0.4, 0.5) is 0 Å². The maximum atomic E-state index is 11.3. The van der Waals surface area contributed by atoms with Gasteiger partial charge in [0, 0.05) is 18.5 Å². The third-order valence-corrected chi connectivity index (χ3v) is 4.40. The molecule has 1 atom stereocenters. The molecule has 0 heterocycles. The summed E-state index contributed by atoms with van der Waals surface area (Å²) in [5.41, 5.74) is 5.74. The molecule has 110 valence electrons. The van der Waals surface area contributed by atoms with E-state index in [1.807, 2.05) is 0 Å². The molecular weight excluding hydrogens is 244 g/mol. The van der Waals surface area contributed by atoms with E-state index < -0.39 is 11.5 Å². The smallest absolute Gasteiger partial charge is 0.306 e. The Kier molecular flexibility index (Phi) is 5.35. The van der Waals surface area contributed by atoms with E-state index in [4.69, 9.17) is 10.8 Å². The Bertz CT molecular complexity index is 334. The Hall–Kier alpha value is -1.10. The van der Waals surface area contributed by atoms with Gasteiger partial charge in [0.1, 0.15) is 0 Å². The second-order valence-corrected chi connectivity index (χ2v) is 5.85. The van der Waals surface area contributed by atoms with Crippen LogP contribution < -0.4 is 11.1 Å². The van der Waals surface area contributed by atoms with E-state index in [1.54, 1.807) is 0 Å². The Morgan fingerprint density at radius 3 is 2.26 bits per heavy atom. The summed E-state index contributed by atoms with van der Waals surface area (Å²) in [5, 5.41) is 11.9. The van der Waals surface area contributed by atoms with Crippen molar-refractivity contribution in [3.05, 3.63) is 0 Å². The third kappa shape index (κ3) is 3.93. The van der Waals surface area contributed by atoms with Crippen molar-refractivity contribution in [2.24, 2.45) is 17.6 Å². The van der Waals surface area contributed by atoms with Crippen LogP contribution in [0.3, 0.4) is 0 Å². The number of carbonyl (C=O) groups is 2. The number of carbonyl (C=O) groups excluding carboxylic acids is 1. The topological polar surface area (TPSA) is 92.4 Å². The van der Waals surface area contributed by atoms with Gasteiger partial charge in [0.05, 0.1) is 5.92 Å². The number of nitrogens with two attached hydrogens (primary N) is 1. The van der Waals surface area contributed by atoms with Gasteiger partial charge in [0.25, 0.3) is 0 Å². The van der Waals surface area contributed by atoms with Gasteiger partial charge < -0.3 is 16.2 Å². The number of carboxylic acids is 1. The molecule has 4 N–H and O–H groups in total. The highest BCUT2D eigenvalue weighted by atomic mass is 16.4. The molecule has 0 spiro atoms. The monoisotopic (exact) mass is 270 g/mol. The quantitative estimate of drug-likeness (QED) is 0.654. The highest BCUT2D eigenvalue weighted by molar-refractivity contribution is 5.74. The molecule has 19 heavy (non-hydrogen) atoms. The molecule has 0 aliphatic heterocycles. The summed E-state index contributed by atoms with van der Waals surface area (Å²) in [5.74, 6) is -0.728. The van der Waals surface area contributed by atoms with Crippen LogP contribution in [-0.2, 0) is 9.59 Å². The molecule has 0 bridgehead atoms. The Balaban J connectivity index is 2.69. The van der Waals surface area contributed by atoms with Gasteiger partial charge in [0.15, 0.2) is 0 Å². The number of rotatable bonds is 7. The van der Waals surface area contributed by atoms with Crippen molar-refractivity contribution in [3.63, 3.8) is 0 Å². The normalized spacial score (nSPS) is 27.7. The molecule has 0 aromatic heterocycles. The van der Waals surface area contributed by atoms with Crippen molar-refractivity contribution < 1.29 is 14.7 Å². The van der Waals surface area contributed by atoms with Crippen molar-refractivity contribution >= 4 is 11.9 Å². The molecule has 0 radical (unpaired) electrons. The van der Waals surface area contributed by atoms with Gasteiger partial charge in [-0.1, -0.05) is 26.7 Å². The van der Waals surface area contributed by atoms with Crippen LogP contribution >= 0.6 is 0 Å². The maximum absolute atomic E-state index is 11.3. The van der Waals surface area contributed by atoms with Crippen molar-refractivity contribution in [2.75, 3.05) is 0 Å². The zero-order chi connectivity index (χ0) is 14.6. The summed E-state index contributed by atoms with van der Waals surface area (Å²) in [6.45, 7) is 5.74. The van der Waals surface area contributed by atoms with Gasteiger partial charge >= 0.3 is 5.97 Å². The van der Waals surface area contributed by atoms with E-state index in [-0.39, 0.29) is 17.9 Å². The zero-order valence-corrected chi connectivity index (χ0v) is 12.1. The minimum Gasteiger partial charge on any atom is -0.481 e. The summed E-state index contributed by atoms with van der Waals surface area (Å²) in [7, 11) is 0. The fourth-order valence-corrected chi connectivity index (χ4v) is 2.95. The fraction of sp³-hybridized carbons (Fsp3) is 0.857. The minimum atomic E-state index is -0.787. The Labute approximate surface area is 114 Å². The zero-order valence-electron chi connectivity index (χ0n) is 12.1. The van der Waals surface area contributed by atoms with Crippen molar-refractivity contribution in [2.45, 2.75) is 64.5 Å². The van der Waals surface area contributed by atoms with Crippen LogP contribution in [0.25, 0.3) is 0 Å². The highest BCUT2D eigenvalue weighted by Gasteiger charge is 2.50. The lowest BCUT2D eigenvalue weighted by Gasteiger charge is -2.49. The van der Waals surface area contributed by atoms with Crippen LogP contribution in [0.5, 0.6) is 0 Å². The van der Waals surface area contributed by atoms with Crippen LogP contribution in [0, 0.1) is 11.8 Å². The molecular formula is C14H26N2O3. The number of amides is 1. The predicted molar refractivity (Wildman–Crippen MR) is 73.6 cm³/mol. The second-order valence-electron chi connectivity index (χ2n) is 5.85. The minimum absolute atomic E-state index is 0.0976. The molecule has 5 nitrogen and oxygen atoms in total. The van der Waals surface area contributed by atoms with E-state index in [0.29, 0.717) is 18.8 Å². The molecule has 0 aromatic carbocycles. The average molecular weight is 270 g/mol. The van der Waals surface area contributed by atoms with Crippen LogP contribution in [0.1, 0.15) is 52.9 Å². The van der Waals surface area contributed by atoms with Gasteiger partial charge in [-0.05, 0) is 25.2 Å². The maximum Gasteiger partial charge on any atom is 0.306 e. The van der Waals surface area contributed by atoms with E-state index in [2.05, 4.69) is 19.2 Å². The Morgan fingerprint density at radius 1 is 1.37 bits per heavy atom. The van der Waals surface area contributed by atoms with E-state index >= 15 is 0 Å². The van der Waals surface area contributed by atoms with Gasteiger partial charge in [-0.2, -0.15) is 0 Å². The lowest BCUT2D eigenvalue weighted by atomic mass is 9.63. The molecule has 0 aromatic rings. The van der Waals surface area contributed by atoms with Gasteiger partial charge in [-0.3, -0.25) is 9.59 Å². The molecule has 1 aliphatic carbocycles. The fourth-order valence-electron chi connectivity index (χ4n) is 2.95. The van der Waals surface area contributed by atoms with Crippen molar-refractivity contribution in [3.8, 4) is 0 Å². The highest BCUT2D eigenvalue weighted by Crippen LogP contribution is 2.40. The summed E-state index contributed by atoms with van der Waals surface area (Å²) < 4.78 is 0. The lowest BCUT2D eigenvalue weighted by molar-refractivity contribution is -0.147. The van der Waals surface area contributed by atoms with Crippen molar-refractivity contribution in [1.29, 1.82) is 0 Å². The summed E-state index contributed by atoms with van der Waals surface area (Å²) in [6, 6.07) is -0.120. The number of hydrogen-bond donors (Lipinski definition) is 3. The van der Waals surface area contributed by atoms with Gasteiger partial charge in [0.2, 0.25) is 5.91 Å². The third-order valence-electron chi connectivity index (χ3n) is 4.40. The molecule has 1 unspecified atom stereocenters. The van der Waals surface area contributed by atoms with Gasteiger partial charge in [-0.15, -0.1) is 0 Å². The first-order valence-electron chi connectivity index (χ1n) is 7.11. The number of hydrogen-bond acceptors (Lipinski definition) is 3. The number of carboxylic acid groups (broad SMARTS) is 1. The van der Waals surface area contributed by atoms with Crippen LogP contribution in [-0.4, -0.2) is 28.6 Å². The SMILES string of the molecule is CCC(CC)CC(NC(C)=O)C1(N)CC(C(=O)O)C1. The molecule has 1 aliphatic rings. The molecule has 1 saturated carbocycles. The van der Waals surface area contributed by atoms with Crippen LogP contribution in [0.15, 0.2) is 0 Å². The largest absolute Gasteiger partial charge is 0.481 e. The molecule has 1 rings (SSSR count). The molecule has 1 fully saturated rings. The summed E-state index contributed by atoms with van der Waals surface area (Å²) >= 11 is 0. The second kappa shape index (κ2) is 6.37. The first kappa shape index (κ1) is 16.0.